The summed E-state index contributed by atoms with van der Waals surface area (Å²) in [7, 11) is 1.75. The number of hydrogen-bond donors (Lipinski definition) is 2. The highest BCUT2D eigenvalue weighted by Gasteiger charge is 2.04. The molecule has 2 rings (SSSR count). The third kappa shape index (κ3) is 6.34. The third-order valence-corrected chi connectivity index (χ3v) is 3.55. The van der Waals surface area contributed by atoms with E-state index in [-0.39, 0.29) is 24.0 Å². The molecule has 2 N–H and O–H groups in total. The van der Waals surface area contributed by atoms with Crippen LogP contribution in [-0.2, 0) is 19.5 Å². The van der Waals surface area contributed by atoms with Crippen molar-refractivity contribution in [1.29, 1.82) is 0 Å². The molecule has 0 saturated heterocycles. The second-order valence-corrected chi connectivity index (χ2v) is 5.20. The molecule has 0 aliphatic rings. The van der Waals surface area contributed by atoms with E-state index in [1.165, 1.54) is 5.56 Å². The molecule has 0 amide bonds. The monoisotopic (exact) mass is 448 g/mol. The predicted octanol–water partition coefficient (Wildman–Crippen LogP) is 2.48. The van der Waals surface area contributed by atoms with Crippen LogP contribution in [0.2, 0.25) is 5.02 Å². The maximum absolute atomic E-state index is 5.88. The summed E-state index contributed by atoms with van der Waals surface area (Å²) < 4.78 is 1.99. The Hall–Kier alpha value is -1.35. The van der Waals surface area contributed by atoms with Crippen LogP contribution < -0.4 is 10.6 Å². The Labute approximate surface area is 158 Å². The van der Waals surface area contributed by atoms with Crippen LogP contribution >= 0.6 is 35.6 Å². The highest BCUT2D eigenvalue weighted by Crippen LogP contribution is 2.09. The van der Waals surface area contributed by atoms with Crippen molar-refractivity contribution in [3.63, 3.8) is 0 Å². The standard InChI is InChI=1S/C15H21ClN6.HI/c1-3-22-11-20-21-14(22)10-19-15(17-2)18-9-8-12-4-6-13(16)7-5-12;/h4-7,11H,3,8-10H2,1-2H3,(H2,17,18,19);1H. The SMILES string of the molecule is CCn1cnnc1CNC(=NC)NCCc1ccc(Cl)cc1.I. The van der Waals surface area contributed by atoms with Crippen LogP contribution in [0.5, 0.6) is 0 Å². The van der Waals surface area contributed by atoms with E-state index < -0.39 is 0 Å². The summed E-state index contributed by atoms with van der Waals surface area (Å²) >= 11 is 5.88. The van der Waals surface area contributed by atoms with E-state index >= 15 is 0 Å². The number of guanidine groups is 1. The molecule has 0 atom stereocenters. The summed E-state index contributed by atoms with van der Waals surface area (Å²) in [6.45, 7) is 4.30. The van der Waals surface area contributed by atoms with Gasteiger partial charge in [-0.1, -0.05) is 23.7 Å². The Morgan fingerprint density at radius 3 is 2.65 bits per heavy atom. The average Bonchev–Trinajstić information content (AvgIpc) is 3.00. The number of aliphatic imine (C=N–C) groups is 1. The van der Waals surface area contributed by atoms with E-state index in [0.717, 1.165) is 36.3 Å². The van der Waals surface area contributed by atoms with E-state index in [9.17, 15) is 0 Å². The van der Waals surface area contributed by atoms with Gasteiger partial charge in [-0.2, -0.15) is 0 Å². The highest BCUT2D eigenvalue weighted by atomic mass is 127. The lowest BCUT2D eigenvalue weighted by Crippen LogP contribution is -2.38. The lowest BCUT2D eigenvalue weighted by molar-refractivity contribution is 0.669. The smallest absolute Gasteiger partial charge is 0.191 e. The maximum Gasteiger partial charge on any atom is 0.191 e. The molecular weight excluding hydrogens is 427 g/mol. The number of hydrogen-bond acceptors (Lipinski definition) is 3. The van der Waals surface area contributed by atoms with Crippen LogP contribution in [-0.4, -0.2) is 34.3 Å². The van der Waals surface area contributed by atoms with Crippen LogP contribution in [0, 0.1) is 0 Å². The van der Waals surface area contributed by atoms with Crippen LogP contribution in [0.1, 0.15) is 18.3 Å². The van der Waals surface area contributed by atoms with Gasteiger partial charge in [0, 0.05) is 25.2 Å². The maximum atomic E-state index is 5.88. The molecule has 1 aromatic heterocycles. The minimum absolute atomic E-state index is 0. The summed E-state index contributed by atoms with van der Waals surface area (Å²) in [5.74, 6) is 1.64. The van der Waals surface area contributed by atoms with Gasteiger partial charge >= 0.3 is 0 Å². The normalized spacial score (nSPS) is 11.0. The summed E-state index contributed by atoms with van der Waals surface area (Å²) in [6.07, 6.45) is 2.64. The molecule has 0 spiro atoms. The minimum Gasteiger partial charge on any atom is -0.356 e. The molecule has 8 heteroatoms. The second kappa shape index (κ2) is 10.4. The number of aromatic nitrogens is 3. The van der Waals surface area contributed by atoms with Gasteiger partial charge in [-0.05, 0) is 31.0 Å². The second-order valence-electron chi connectivity index (χ2n) is 4.76. The molecule has 0 saturated carbocycles. The molecule has 23 heavy (non-hydrogen) atoms. The van der Waals surface area contributed by atoms with Gasteiger partial charge in [-0.15, -0.1) is 34.2 Å². The fourth-order valence-electron chi connectivity index (χ4n) is 2.04. The Morgan fingerprint density at radius 1 is 1.26 bits per heavy atom. The molecule has 6 nitrogen and oxygen atoms in total. The topological polar surface area (TPSA) is 67.1 Å². The molecule has 0 bridgehead atoms. The van der Waals surface area contributed by atoms with Gasteiger partial charge in [0.2, 0.25) is 0 Å². The molecule has 1 heterocycles. The summed E-state index contributed by atoms with van der Waals surface area (Å²) in [4.78, 5) is 4.20. The van der Waals surface area contributed by atoms with Crippen LogP contribution in [0.25, 0.3) is 0 Å². The summed E-state index contributed by atoms with van der Waals surface area (Å²) in [5, 5.41) is 15.3. The lowest BCUT2D eigenvalue weighted by atomic mass is 10.1. The largest absolute Gasteiger partial charge is 0.356 e. The first kappa shape index (κ1) is 19.7. The van der Waals surface area contributed by atoms with E-state index in [4.69, 9.17) is 11.6 Å². The number of rotatable bonds is 6. The molecule has 2 aromatic rings. The Morgan fingerprint density at radius 2 is 2.00 bits per heavy atom. The van der Waals surface area contributed by atoms with Gasteiger partial charge in [0.25, 0.3) is 0 Å². The number of nitrogens with zero attached hydrogens (tertiary/aromatic N) is 4. The molecule has 0 unspecified atom stereocenters. The van der Waals surface area contributed by atoms with Gasteiger partial charge in [0.1, 0.15) is 6.33 Å². The van der Waals surface area contributed by atoms with Crippen molar-refractivity contribution in [2.45, 2.75) is 26.4 Å². The number of halogens is 2. The number of benzene rings is 1. The van der Waals surface area contributed by atoms with E-state index in [1.807, 2.05) is 28.8 Å². The van der Waals surface area contributed by atoms with Crippen molar-refractivity contribution >= 4 is 41.5 Å². The highest BCUT2D eigenvalue weighted by molar-refractivity contribution is 14.0. The molecular formula is C15H22ClIN6. The summed E-state index contributed by atoms with van der Waals surface area (Å²) in [6, 6.07) is 7.87. The van der Waals surface area contributed by atoms with E-state index in [0.29, 0.717) is 6.54 Å². The molecule has 0 radical (unpaired) electrons. The van der Waals surface area contributed by atoms with Crippen LogP contribution in [0.3, 0.4) is 0 Å². The van der Waals surface area contributed by atoms with Gasteiger partial charge in [-0.3, -0.25) is 4.99 Å². The van der Waals surface area contributed by atoms with Crippen LogP contribution in [0.4, 0.5) is 0 Å². The van der Waals surface area contributed by atoms with E-state index in [2.05, 4.69) is 32.7 Å². The molecule has 126 valence electrons. The lowest BCUT2D eigenvalue weighted by Gasteiger charge is -2.12. The zero-order valence-electron chi connectivity index (χ0n) is 13.3. The quantitative estimate of drug-likeness (QED) is 0.405. The predicted molar refractivity (Wildman–Crippen MR) is 104 cm³/mol. The van der Waals surface area contributed by atoms with Crippen LogP contribution in [0.15, 0.2) is 35.6 Å². The van der Waals surface area contributed by atoms with Crippen molar-refractivity contribution in [1.82, 2.24) is 25.4 Å². The Bertz CT molecular complexity index is 611. The summed E-state index contributed by atoms with van der Waals surface area (Å²) in [5.41, 5.74) is 1.23. The van der Waals surface area contributed by atoms with E-state index in [1.54, 1.807) is 13.4 Å². The van der Waals surface area contributed by atoms with Gasteiger partial charge in [0.05, 0.1) is 6.54 Å². The molecule has 0 fully saturated rings. The van der Waals surface area contributed by atoms with Crippen molar-refractivity contribution in [2.75, 3.05) is 13.6 Å². The zero-order chi connectivity index (χ0) is 15.8. The third-order valence-electron chi connectivity index (χ3n) is 3.29. The number of nitrogens with one attached hydrogen (secondary N) is 2. The first-order chi connectivity index (χ1) is 10.7. The van der Waals surface area contributed by atoms with Gasteiger partial charge < -0.3 is 15.2 Å². The fourth-order valence-corrected chi connectivity index (χ4v) is 2.17. The van der Waals surface area contributed by atoms with Crippen molar-refractivity contribution < 1.29 is 0 Å². The fraction of sp³-hybridized carbons (Fsp3) is 0.400. The van der Waals surface area contributed by atoms with Crippen molar-refractivity contribution in [2.24, 2.45) is 4.99 Å². The number of aryl methyl sites for hydroxylation is 1. The zero-order valence-corrected chi connectivity index (χ0v) is 16.4. The Balaban J connectivity index is 0.00000264. The molecule has 0 aliphatic carbocycles. The Kier molecular flexibility index (Phi) is 8.93. The average molecular weight is 449 g/mol. The first-order valence-electron chi connectivity index (χ1n) is 7.28. The van der Waals surface area contributed by atoms with Crippen molar-refractivity contribution in [3.8, 4) is 0 Å². The minimum atomic E-state index is 0. The first-order valence-corrected chi connectivity index (χ1v) is 7.66. The molecule has 1 aromatic carbocycles. The van der Waals surface area contributed by atoms with Crippen molar-refractivity contribution in [3.05, 3.63) is 47.0 Å². The van der Waals surface area contributed by atoms with Gasteiger partial charge in [0.15, 0.2) is 11.8 Å². The molecule has 0 aliphatic heterocycles. The van der Waals surface area contributed by atoms with Gasteiger partial charge in [-0.25, -0.2) is 0 Å².